The van der Waals surface area contributed by atoms with Crippen LogP contribution < -0.4 is 21.9 Å². The number of aliphatic hydroxyl groups excluding tert-OH is 1. The maximum Gasteiger partial charge on any atom is 0.290 e. The highest BCUT2D eigenvalue weighted by Crippen LogP contribution is 2.31. The number of carbonyl (C=O) groups is 1. The van der Waals surface area contributed by atoms with Crippen LogP contribution in [0.4, 0.5) is 16.2 Å². The van der Waals surface area contributed by atoms with Crippen molar-refractivity contribution in [3.63, 3.8) is 0 Å². The summed E-state index contributed by atoms with van der Waals surface area (Å²) >= 11 is 0. The topological polar surface area (TPSA) is 188 Å². The first kappa shape index (κ1) is 22.5. The number of halogens is 1. The Bertz CT molecular complexity index is 1370. The molecule has 0 aliphatic carbocycles. The van der Waals surface area contributed by atoms with E-state index in [4.69, 9.17) is 10.8 Å². The lowest BCUT2D eigenvalue weighted by atomic mass is 10.2. The molecule has 3 aromatic heterocycles. The van der Waals surface area contributed by atoms with Gasteiger partial charge < -0.3 is 31.4 Å². The van der Waals surface area contributed by atoms with Crippen LogP contribution in [0.5, 0.6) is 0 Å². The summed E-state index contributed by atoms with van der Waals surface area (Å²) in [6.07, 6.45) is 2.91. The Kier molecular flexibility index (Phi) is 6.54. The number of benzene rings is 1. The number of nitrogen functional groups attached to an aromatic ring is 1. The van der Waals surface area contributed by atoms with E-state index in [1.165, 1.54) is 24.5 Å². The third-order valence-corrected chi connectivity index (χ3v) is 4.68. The van der Waals surface area contributed by atoms with Crippen molar-refractivity contribution in [2.75, 3.05) is 30.7 Å². The number of aliphatic hydroxyl groups is 1. The molecule has 13 heteroatoms. The Balaban J connectivity index is 1.70. The molecule has 0 aliphatic rings. The van der Waals surface area contributed by atoms with Crippen LogP contribution in [0.15, 0.2) is 47.5 Å². The van der Waals surface area contributed by atoms with E-state index in [-0.39, 0.29) is 24.1 Å². The maximum atomic E-state index is 13.4. The smallest absolute Gasteiger partial charge is 0.290 e. The molecule has 0 aliphatic heterocycles. The number of anilines is 2. The largest absolute Gasteiger partial charge is 0.387 e. The van der Waals surface area contributed by atoms with Gasteiger partial charge in [0, 0.05) is 24.8 Å². The molecule has 0 saturated carbocycles. The van der Waals surface area contributed by atoms with Gasteiger partial charge in [0.1, 0.15) is 23.9 Å². The Hall–Kier alpha value is -4.65. The maximum absolute atomic E-state index is 13.4. The lowest BCUT2D eigenvalue weighted by Crippen LogP contribution is -2.31. The van der Waals surface area contributed by atoms with Gasteiger partial charge in [0.25, 0.3) is 5.56 Å². The molecule has 4 aromatic rings. The van der Waals surface area contributed by atoms with Crippen LogP contribution in [0, 0.1) is 5.82 Å². The molecule has 0 saturated heterocycles. The van der Waals surface area contributed by atoms with Crippen molar-refractivity contribution in [3.8, 4) is 34.2 Å². The predicted octanol–water partition coefficient (Wildman–Crippen LogP) is 0.526. The first-order valence-corrected chi connectivity index (χ1v) is 10.1. The highest BCUT2D eigenvalue weighted by atomic mass is 19.1. The van der Waals surface area contributed by atoms with Crippen molar-refractivity contribution in [1.29, 1.82) is 0 Å². The summed E-state index contributed by atoms with van der Waals surface area (Å²) < 4.78 is 13.4. The zero-order valence-electron chi connectivity index (χ0n) is 17.7. The first-order valence-electron chi connectivity index (χ1n) is 10.1. The minimum absolute atomic E-state index is 0.179. The summed E-state index contributed by atoms with van der Waals surface area (Å²) in [5, 5.41) is 14.2. The number of aromatic nitrogens is 6. The van der Waals surface area contributed by atoms with Gasteiger partial charge in [-0.25, -0.2) is 24.3 Å². The zero-order chi connectivity index (χ0) is 24.1. The summed E-state index contributed by atoms with van der Waals surface area (Å²) in [6, 6.07) is 7.41. The molecule has 0 unspecified atom stereocenters. The number of aromatic amines is 2. The third kappa shape index (κ3) is 5.05. The number of amides is 1. The van der Waals surface area contributed by atoms with Gasteiger partial charge in [0.05, 0.1) is 23.3 Å². The number of hydrogen-bond acceptors (Lipinski definition) is 9. The number of nitrogens with one attached hydrogen (secondary N) is 4. The summed E-state index contributed by atoms with van der Waals surface area (Å²) in [6.45, 7) is -0.0105. The second kappa shape index (κ2) is 9.87. The first-order chi connectivity index (χ1) is 16.4. The van der Waals surface area contributed by atoms with E-state index in [1.54, 1.807) is 18.2 Å². The molecule has 0 bridgehead atoms. The van der Waals surface area contributed by atoms with E-state index in [2.05, 4.69) is 40.5 Å². The standard InChI is InChI=1S/C21H20FN9O3/c22-12-3-1-11(2-4-12)19-30-16(17(31-19)14-9-27-18(23)20(34)28-14)13-5-6-25-21(29-13)26-8-7-24-15(33)10-32/h1-6,9,32H,7-8,10H2,(H2,23,27)(H,24,33)(H,28,34)(H,30,31)(H,25,26,29). The summed E-state index contributed by atoms with van der Waals surface area (Å²) in [4.78, 5) is 46.1. The molecule has 3 heterocycles. The molecule has 4 rings (SSSR count). The van der Waals surface area contributed by atoms with Crippen LogP contribution in [0.3, 0.4) is 0 Å². The molecular formula is C21H20FN9O3. The minimum atomic E-state index is -0.590. The van der Waals surface area contributed by atoms with Gasteiger partial charge >= 0.3 is 0 Å². The van der Waals surface area contributed by atoms with Crippen LogP contribution >= 0.6 is 0 Å². The van der Waals surface area contributed by atoms with Gasteiger partial charge in [0.15, 0.2) is 5.82 Å². The summed E-state index contributed by atoms with van der Waals surface area (Å²) in [7, 11) is 0. The Morgan fingerprint density at radius 1 is 1.09 bits per heavy atom. The SMILES string of the molecule is Nc1ncc(-c2nc(-c3ccc(F)cc3)[nH]c2-c2ccnc(NCCNC(=O)CO)n2)[nH]c1=O. The van der Waals surface area contributed by atoms with Crippen molar-refractivity contribution in [2.24, 2.45) is 0 Å². The van der Waals surface area contributed by atoms with Gasteiger partial charge in [0.2, 0.25) is 11.9 Å². The number of imidazole rings is 1. The molecule has 7 N–H and O–H groups in total. The van der Waals surface area contributed by atoms with Crippen molar-refractivity contribution < 1.29 is 14.3 Å². The number of carbonyl (C=O) groups excluding carboxylic acids is 1. The number of rotatable bonds is 8. The Morgan fingerprint density at radius 3 is 2.62 bits per heavy atom. The van der Waals surface area contributed by atoms with Gasteiger partial charge in [-0.05, 0) is 30.3 Å². The summed E-state index contributed by atoms with van der Waals surface area (Å²) in [5.74, 6) is -0.352. The Labute approximate surface area is 191 Å². The van der Waals surface area contributed by atoms with Gasteiger partial charge in [-0.2, -0.15) is 0 Å². The van der Waals surface area contributed by atoms with Crippen molar-refractivity contribution in [1.82, 2.24) is 35.2 Å². The van der Waals surface area contributed by atoms with Crippen LogP contribution in [-0.4, -0.2) is 60.6 Å². The fourth-order valence-electron chi connectivity index (χ4n) is 3.04. The second-order valence-corrected chi connectivity index (χ2v) is 7.03. The quantitative estimate of drug-likeness (QED) is 0.202. The lowest BCUT2D eigenvalue weighted by Gasteiger charge is -2.07. The van der Waals surface area contributed by atoms with Crippen molar-refractivity contribution in [2.45, 2.75) is 0 Å². The molecule has 0 atom stereocenters. The number of nitrogens with two attached hydrogens (primary N) is 1. The predicted molar refractivity (Wildman–Crippen MR) is 122 cm³/mol. The van der Waals surface area contributed by atoms with Crippen molar-refractivity contribution in [3.05, 3.63) is 58.9 Å². The minimum Gasteiger partial charge on any atom is -0.387 e. The van der Waals surface area contributed by atoms with Crippen LogP contribution in [0.25, 0.3) is 34.2 Å². The fraction of sp³-hybridized carbons (Fsp3) is 0.143. The van der Waals surface area contributed by atoms with Crippen LogP contribution in [-0.2, 0) is 4.79 Å². The summed E-state index contributed by atoms with van der Waals surface area (Å²) in [5.41, 5.74) is 7.16. The molecule has 34 heavy (non-hydrogen) atoms. The van der Waals surface area contributed by atoms with Gasteiger partial charge in [-0.1, -0.05) is 0 Å². The van der Waals surface area contributed by atoms with Gasteiger partial charge in [-0.3, -0.25) is 9.59 Å². The van der Waals surface area contributed by atoms with E-state index in [0.29, 0.717) is 40.7 Å². The molecule has 12 nitrogen and oxygen atoms in total. The van der Waals surface area contributed by atoms with Crippen molar-refractivity contribution >= 4 is 17.7 Å². The van der Waals surface area contributed by atoms with Crippen LogP contribution in [0.1, 0.15) is 0 Å². The highest BCUT2D eigenvalue weighted by molar-refractivity contribution is 5.78. The fourth-order valence-corrected chi connectivity index (χ4v) is 3.04. The molecule has 174 valence electrons. The molecular weight excluding hydrogens is 445 g/mol. The van der Waals surface area contributed by atoms with E-state index in [1.807, 2.05) is 0 Å². The number of H-pyrrole nitrogens is 2. The average Bonchev–Trinajstić information content (AvgIpc) is 3.29. The third-order valence-electron chi connectivity index (χ3n) is 4.68. The number of nitrogens with zero attached hydrogens (tertiary/aromatic N) is 4. The molecule has 1 amide bonds. The highest BCUT2D eigenvalue weighted by Gasteiger charge is 2.18. The van der Waals surface area contributed by atoms with E-state index < -0.39 is 18.1 Å². The average molecular weight is 465 g/mol. The van der Waals surface area contributed by atoms with Gasteiger partial charge in [-0.15, -0.1) is 0 Å². The second-order valence-electron chi connectivity index (χ2n) is 7.03. The number of hydrogen-bond donors (Lipinski definition) is 6. The molecule has 0 radical (unpaired) electrons. The van der Waals surface area contributed by atoms with Crippen LogP contribution in [0.2, 0.25) is 0 Å². The molecule has 1 aromatic carbocycles. The normalized spacial score (nSPS) is 10.8. The lowest BCUT2D eigenvalue weighted by molar-refractivity contribution is -0.123. The van der Waals surface area contributed by atoms with E-state index >= 15 is 0 Å². The zero-order valence-corrected chi connectivity index (χ0v) is 17.7. The van der Waals surface area contributed by atoms with E-state index in [9.17, 15) is 14.0 Å². The van der Waals surface area contributed by atoms with E-state index in [0.717, 1.165) is 0 Å². The molecule has 0 fully saturated rings. The Morgan fingerprint density at radius 2 is 1.88 bits per heavy atom. The monoisotopic (exact) mass is 465 g/mol. The molecule has 0 spiro atoms.